The summed E-state index contributed by atoms with van der Waals surface area (Å²) in [5.41, 5.74) is 2.82. The highest BCUT2D eigenvalue weighted by Gasteiger charge is 1.91. The topological polar surface area (TPSA) is 0 Å². The van der Waals surface area contributed by atoms with E-state index in [1.807, 2.05) is 12.1 Å². The fourth-order valence-corrected chi connectivity index (χ4v) is 1.28. The summed E-state index contributed by atoms with van der Waals surface area (Å²) in [5, 5.41) is 0. The lowest BCUT2D eigenvalue weighted by Gasteiger charge is -2.00. The summed E-state index contributed by atoms with van der Waals surface area (Å²) < 4.78 is 0. The summed E-state index contributed by atoms with van der Waals surface area (Å²) in [6, 6.07) is 11.2. The molecule has 0 bridgehead atoms. The van der Waals surface area contributed by atoms with Gasteiger partial charge in [-0.25, -0.2) is 0 Å². The Labute approximate surface area is 74.9 Å². The Morgan fingerprint density at radius 2 is 2.08 bits per heavy atom. The van der Waals surface area contributed by atoms with Crippen LogP contribution >= 0.6 is 0 Å². The largest absolute Gasteiger partial charge is 0.0855 e. The van der Waals surface area contributed by atoms with E-state index in [2.05, 4.69) is 38.1 Å². The number of benzene rings is 1. The van der Waals surface area contributed by atoms with Gasteiger partial charge in [-0.15, -0.1) is 0 Å². The third-order valence-electron chi connectivity index (χ3n) is 1.82. The monoisotopic (exact) mass is 159 g/mol. The van der Waals surface area contributed by atoms with E-state index in [4.69, 9.17) is 0 Å². The van der Waals surface area contributed by atoms with Gasteiger partial charge in [-0.3, -0.25) is 0 Å². The van der Waals surface area contributed by atoms with Crippen LogP contribution in [-0.4, -0.2) is 0 Å². The Kier molecular flexibility index (Phi) is 3.59. The van der Waals surface area contributed by atoms with E-state index in [1.54, 1.807) is 0 Å². The van der Waals surface area contributed by atoms with E-state index >= 15 is 0 Å². The Morgan fingerprint density at radius 3 is 2.67 bits per heavy atom. The molecule has 12 heavy (non-hydrogen) atoms. The van der Waals surface area contributed by atoms with Gasteiger partial charge in [0.2, 0.25) is 0 Å². The van der Waals surface area contributed by atoms with Gasteiger partial charge < -0.3 is 0 Å². The van der Waals surface area contributed by atoms with Crippen molar-refractivity contribution < 1.29 is 0 Å². The van der Waals surface area contributed by atoms with Crippen molar-refractivity contribution in [1.82, 2.24) is 0 Å². The lowest BCUT2D eigenvalue weighted by Crippen LogP contribution is -1.85. The van der Waals surface area contributed by atoms with Crippen LogP contribution in [0.15, 0.2) is 35.9 Å². The van der Waals surface area contributed by atoms with Gasteiger partial charge in [-0.05, 0) is 31.4 Å². The van der Waals surface area contributed by atoms with Gasteiger partial charge in [0.15, 0.2) is 0 Å². The fraction of sp³-hybridized carbons (Fsp3) is 0.333. The molecular weight excluding hydrogens is 144 g/mol. The van der Waals surface area contributed by atoms with E-state index < -0.39 is 0 Å². The smallest absolute Gasteiger partial charge is 0.00699 e. The van der Waals surface area contributed by atoms with Crippen molar-refractivity contribution in [2.45, 2.75) is 26.7 Å². The Hall–Kier alpha value is -1.04. The zero-order chi connectivity index (χ0) is 8.81. The minimum atomic E-state index is 1.07. The molecule has 0 aromatic heterocycles. The normalized spacial score (nSPS) is 11.7. The molecule has 0 aliphatic carbocycles. The van der Waals surface area contributed by atoms with Crippen LogP contribution in [0.2, 0.25) is 0 Å². The van der Waals surface area contributed by atoms with Crippen molar-refractivity contribution in [2.24, 2.45) is 0 Å². The quantitative estimate of drug-likeness (QED) is 0.593. The van der Waals surface area contributed by atoms with Crippen molar-refractivity contribution in [3.8, 4) is 0 Å². The molecule has 0 atom stereocenters. The third kappa shape index (κ3) is 2.91. The molecule has 0 saturated carbocycles. The summed E-state index contributed by atoms with van der Waals surface area (Å²) >= 11 is 0. The van der Waals surface area contributed by atoms with E-state index in [9.17, 15) is 0 Å². The fourth-order valence-electron chi connectivity index (χ4n) is 1.28. The highest BCUT2D eigenvalue weighted by Crippen LogP contribution is 2.06. The number of hydrogen-bond donors (Lipinski definition) is 0. The SMILES string of the molecule is CCC=C(C)Cc1cc[c]cc1. The summed E-state index contributed by atoms with van der Waals surface area (Å²) in [6.45, 7) is 4.35. The second-order valence-corrected chi connectivity index (χ2v) is 3.04. The first kappa shape index (κ1) is 9.05. The molecule has 1 aromatic rings. The van der Waals surface area contributed by atoms with Gasteiger partial charge in [0.05, 0.1) is 0 Å². The second-order valence-electron chi connectivity index (χ2n) is 3.04. The molecular formula is C12H15. The van der Waals surface area contributed by atoms with Crippen LogP contribution in [0.4, 0.5) is 0 Å². The molecule has 0 heterocycles. The number of rotatable bonds is 3. The predicted octanol–water partition coefficient (Wildman–Crippen LogP) is 3.39. The molecule has 0 amide bonds. The highest BCUT2D eigenvalue weighted by molar-refractivity contribution is 5.20. The summed E-state index contributed by atoms with van der Waals surface area (Å²) in [5.74, 6) is 0. The Morgan fingerprint density at radius 1 is 1.42 bits per heavy atom. The summed E-state index contributed by atoms with van der Waals surface area (Å²) in [7, 11) is 0. The molecule has 0 N–H and O–H groups in total. The predicted molar refractivity (Wildman–Crippen MR) is 53.0 cm³/mol. The van der Waals surface area contributed by atoms with E-state index in [0.717, 1.165) is 12.8 Å². The molecule has 0 fully saturated rings. The Bertz CT molecular complexity index is 244. The van der Waals surface area contributed by atoms with Crippen molar-refractivity contribution >= 4 is 0 Å². The maximum Gasteiger partial charge on any atom is -0.00699 e. The highest BCUT2D eigenvalue weighted by atomic mass is 14.0. The molecule has 0 saturated heterocycles. The van der Waals surface area contributed by atoms with Crippen molar-refractivity contribution in [3.63, 3.8) is 0 Å². The zero-order valence-corrected chi connectivity index (χ0v) is 7.80. The minimum absolute atomic E-state index is 1.07. The molecule has 1 aromatic carbocycles. The lowest BCUT2D eigenvalue weighted by molar-refractivity contribution is 1.09. The first-order valence-electron chi connectivity index (χ1n) is 4.43. The summed E-state index contributed by atoms with van der Waals surface area (Å²) in [6.07, 6.45) is 4.48. The van der Waals surface area contributed by atoms with Crippen LogP contribution in [0.1, 0.15) is 25.8 Å². The molecule has 0 spiro atoms. The van der Waals surface area contributed by atoms with Gasteiger partial charge in [0, 0.05) is 0 Å². The van der Waals surface area contributed by atoms with Gasteiger partial charge in [0.25, 0.3) is 0 Å². The molecule has 63 valence electrons. The Balaban J connectivity index is 2.58. The van der Waals surface area contributed by atoms with E-state index in [-0.39, 0.29) is 0 Å². The van der Waals surface area contributed by atoms with Crippen molar-refractivity contribution in [1.29, 1.82) is 0 Å². The van der Waals surface area contributed by atoms with Gasteiger partial charge in [-0.1, -0.05) is 42.8 Å². The molecule has 0 aliphatic heterocycles. The average molecular weight is 159 g/mol. The molecule has 1 rings (SSSR count). The number of hydrogen-bond acceptors (Lipinski definition) is 0. The minimum Gasteiger partial charge on any atom is -0.0855 e. The molecule has 0 nitrogen and oxygen atoms in total. The van der Waals surface area contributed by atoms with Crippen LogP contribution in [-0.2, 0) is 6.42 Å². The third-order valence-corrected chi connectivity index (χ3v) is 1.82. The van der Waals surface area contributed by atoms with Crippen LogP contribution in [0, 0.1) is 6.07 Å². The second kappa shape index (κ2) is 4.76. The molecule has 0 unspecified atom stereocenters. The standard InChI is InChI=1S/C12H15/c1-3-7-11(2)10-12-8-5-4-6-9-12/h5-9H,3,10H2,1-2H3. The van der Waals surface area contributed by atoms with E-state index in [1.165, 1.54) is 11.1 Å². The van der Waals surface area contributed by atoms with Gasteiger partial charge in [-0.2, -0.15) is 0 Å². The van der Waals surface area contributed by atoms with Crippen LogP contribution in [0.3, 0.4) is 0 Å². The number of allylic oxidation sites excluding steroid dienone is 2. The van der Waals surface area contributed by atoms with E-state index in [0.29, 0.717) is 0 Å². The first-order chi connectivity index (χ1) is 5.83. The van der Waals surface area contributed by atoms with Crippen molar-refractivity contribution in [2.75, 3.05) is 0 Å². The zero-order valence-electron chi connectivity index (χ0n) is 7.80. The first-order valence-corrected chi connectivity index (χ1v) is 4.43. The van der Waals surface area contributed by atoms with Crippen LogP contribution in [0.25, 0.3) is 0 Å². The van der Waals surface area contributed by atoms with Gasteiger partial charge >= 0.3 is 0 Å². The molecule has 1 radical (unpaired) electrons. The summed E-state index contributed by atoms with van der Waals surface area (Å²) in [4.78, 5) is 0. The lowest BCUT2D eigenvalue weighted by atomic mass is 10.1. The van der Waals surface area contributed by atoms with Crippen LogP contribution < -0.4 is 0 Å². The average Bonchev–Trinajstić information content (AvgIpc) is 2.06. The maximum atomic E-state index is 3.02. The molecule has 0 heteroatoms. The van der Waals surface area contributed by atoms with Crippen molar-refractivity contribution in [3.05, 3.63) is 47.5 Å². The van der Waals surface area contributed by atoms with Crippen LogP contribution in [0.5, 0.6) is 0 Å². The van der Waals surface area contributed by atoms with Gasteiger partial charge in [0.1, 0.15) is 0 Å². The maximum absolute atomic E-state index is 3.02. The molecule has 0 aliphatic rings.